The van der Waals surface area contributed by atoms with Crippen molar-refractivity contribution in [3.8, 4) is 0 Å². The molecule has 0 saturated heterocycles. The molecule has 0 aromatic carbocycles. The fraction of sp³-hybridized carbons (Fsp3) is 0.444. The number of carbonyl (C=O) groups excluding carboxylic acids is 1. The quantitative estimate of drug-likeness (QED) is 0.625. The zero-order valence-corrected chi connectivity index (χ0v) is 7.34. The number of nitrogens with two attached hydrogens (primary N) is 1. The second-order valence-corrected chi connectivity index (χ2v) is 2.86. The van der Waals surface area contributed by atoms with Crippen LogP contribution in [0.5, 0.6) is 0 Å². The number of hydrogen-bond donors (Lipinski definition) is 1. The molecule has 0 aromatic rings. The maximum atomic E-state index is 11.3. The number of allylic oxidation sites excluding steroid dienone is 1. The predicted molar refractivity (Wildman–Crippen MR) is 48.3 cm³/mol. The highest BCUT2D eigenvalue weighted by Crippen LogP contribution is 2.22. The van der Waals surface area contributed by atoms with E-state index >= 15 is 0 Å². The number of rotatable bonds is 3. The fourth-order valence-corrected chi connectivity index (χ4v) is 1.37. The molecular formula is C9H14N2O. The Hall–Kier alpha value is -1.09. The summed E-state index contributed by atoms with van der Waals surface area (Å²) in [6.45, 7) is 6.59. The number of amides is 1. The Labute approximate surface area is 72.5 Å². The van der Waals surface area contributed by atoms with Crippen molar-refractivity contribution in [3.05, 3.63) is 23.9 Å². The van der Waals surface area contributed by atoms with Crippen molar-refractivity contribution in [3.63, 3.8) is 0 Å². The second kappa shape index (κ2) is 3.54. The molecule has 0 fully saturated rings. The Bertz CT molecular complexity index is 243. The van der Waals surface area contributed by atoms with E-state index in [0.29, 0.717) is 19.5 Å². The minimum absolute atomic E-state index is 0.132. The Kier molecular flexibility index (Phi) is 2.65. The van der Waals surface area contributed by atoms with E-state index in [0.717, 1.165) is 11.3 Å². The van der Waals surface area contributed by atoms with Crippen LogP contribution in [0, 0.1) is 0 Å². The molecule has 0 aliphatic carbocycles. The number of carbonyl (C=O) groups is 1. The Balaban J connectivity index is 2.80. The SMILES string of the molecule is C=CCN1C(=O)CC(CN)=C1C. The lowest BCUT2D eigenvalue weighted by Crippen LogP contribution is -2.23. The van der Waals surface area contributed by atoms with Gasteiger partial charge in [-0.25, -0.2) is 0 Å². The lowest BCUT2D eigenvalue weighted by molar-refractivity contribution is -0.126. The van der Waals surface area contributed by atoms with E-state index in [1.807, 2.05) is 6.92 Å². The lowest BCUT2D eigenvalue weighted by atomic mass is 10.2. The first kappa shape index (κ1) is 9.00. The predicted octanol–water partition coefficient (Wildman–Crippen LogP) is 0.637. The minimum Gasteiger partial charge on any atom is -0.327 e. The van der Waals surface area contributed by atoms with E-state index in [4.69, 9.17) is 5.73 Å². The van der Waals surface area contributed by atoms with Crippen LogP contribution in [-0.2, 0) is 4.79 Å². The molecule has 12 heavy (non-hydrogen) atoms. The third-order valence-electron chi connectivity index (χ3n) is 2.14. The average Bonchev–Trinajstić information content (AvgIpc) is 2.32. The molecule has 66 valence electrons. The van der Waals surface area contributed by atoms with E-state index in [1.54, 1.807) is 11.0 Å². The Morgan fingerprint density at radius 3 is 2.83 bits per heavy atom. The second-order valence-electron chi connectivity index (χ2n) is 2.86. The summed E-state index contributed by atoms with van der Waals surface area (Å²) in [5, 5.41) is 0. The van der Waals surface area contributed by atoms with Crippen LogP contribution >= 0.6 is 0 Å². The molecule has 0 radical (unpaired) electrons. The zero-order chi connectivity index (χ0) is 9.14. The molecule has 1 aliphatic heterocycles. The summed E-state index contributed by atoms with van der Waals surface area (Å²) in [6.07, 6.45) is 2.21. The first-order chi connectivity index (χ1) is 5.70. The van der Waals surface area contributed by atoms with Crippen molar-refractivity contribution in [2.45, 2.75) is 13.3 Å². The monoisotopic (exact) mass is 166 g/mol. The summed E-state index contributed by atoms with van der Waals surface area (Å²) >= 11 is 0. The highest BCUT2D eigenvalue weighted by Gasteiger charge is 2.24. The van der Waals surface area contributed by atoms with Crippen molar-refractivity contribution >= 4 is 5.91 Å². The molecule has 3 nitrogen and oxygen atoms in total. The molecule has 0 bridgehead atoms. The van der Waals surface area contributed by atoms with Crippen LogP contribution in [0.4, 0.5) is 0 Å². The first-order valence-corrected chi connectivity index (χ1v) is 4.00. The molecule has 0 spiro atoms. The summed E-state index contributed by atoms with van der Waals surface area (Å²) < 4.78 is 0. The third-order valence-corrected chi connectivity index (χ3v) is 2.14. The smallest absolute Gasteiger partial charge is 0.231 e. The zero-order valence-electron chi connectivity index (χ0n) is 7.34. The van der Waals surface area contributed by atoms with Crippen molar-refractivity contribution in [1.29, 1.82) is 0 Å². The molecular weight excluding hydrogens is 152 g/mol. The summed E-state index contributed by atoms with van der Waals surface area (Å²) in [5.74, 6) is 0.132. The van der Waals surface area contributed by atoms with Gasteiger partial charge in [-0.15, -0.1) is 6.58 Å². The first-order valence-electron chi connectivity index (χ1n) is 4.00. The summed E-state index contributed by atoms with van der Waals surface area (Å²) in [6, 6.07) is 0. The number of hydrogen-bond acceptors (Lipinski definition) is 2. The van der Waals surface area contributed by atoms with Crippen LogP contribution in [0.2, 0.25) is 0 Å². The summed E-state index contributed by atoms with van der Waals surface area (Å²) in [5.41, 5.74) is 7.53. The lowest BCUT2D eigenvalue weighted by Gasteiger charge is -2.15. The van der Waals surface area contributed by atoms with Gasteiger partial charge < -0.3 is 10.6 Å². The maximum absolute atomic E-state index is 11.3. The van der Waals surface area contributed by atoms with Crippen molar-refractivity contribution in [2.75, 3.05) is 13.1 Å². The molecule has 0 aromatic heterocycles. The standard InChI is InChI=1S/C9H14N2O/c1-3-4-11-7(2)8(6-10)5-9(11)12/h3H,1,4-6,10H2,2H3. The largest absolute Gasteiger partial charge is 0.327 e. The van der Waals surface area contributed by atoms with Crippen LogP contribution in [0.1, 0.15) is 13.3 Å². The van der Waals surface area contributed by atoms with Gasteiger partial charge in [0.05, 0.1) is 6.42 Å². The van der Waals surface area contributed by atoms with Gasteiger partial charge in [0.1, 0.15) is 0 Å². The molecule has 1 rings (SSSR count). The Morgan fingerprint density at radius 2 is 2.42 bits per heavy atom. The molecule has 3 heteroatoms. The molecule has 1 aliphatic rings. The van der Waals surface area contributed by atoms with Gasteiger partial charge in [-0.1, -0.05) is 6.08 Å². The molecule has 1 heterocycles. The van der Waals surface area contributed by atoms with E-state index in [2.05, 4.69) is 6.58 Å². The highest BCUT2D eigenvalue weighted by molar-refractivity contribution is 5.84. The van der Waals surface area contributed by atoms with Crippen molar-refractivity contribution < 1.29 is 4.79 Å². The van der Waals surface area contributed by atoms with Gasteiger partial charge >= 0.3 is 0 Å². The van der Waals surface area contributed by atoms with Gasteiger partial charge in [-0.3, -0.25) is 4.79 Å². The third kappa shape index (κ3) is 1.41. The molecule has 1 amide bonds. The van der Waals surface area contributed by atoms with E-state index < -0.39 is 0 Å². The van der Waals surface area contributed by atoms with Crippen LogP contribution in [0.3, 0.4) is 0 Å². The van der Waals surface area contributed by atoms with Crippen LogP contribution in [0.25, 0.3) is 0 Å². The molecule has 2 N–H and O–H groups in total. The average molecular weight is 166 g/mol. The molecule has 0 unspecified atom stereocenters. The van der Waals surface area contributed by atoms with Gasteiger partial charge in [0.15, 0.2) is 0 Å². The summed E-state index contributed by atoms with van der Waals surface area (Å²) in [4.78, 5) is 13.0. The van der Waals surface area contributed by atoms with Gasteiger partial charge in [0.25, 0.3) is 0 Å². The molecule has 0 atom stereocenters. The van der Waals surface area contributed by atoms with Gasteiger partial charge in [0, 0.05) is 18.8 Å². The van der Waals surface area contributed by atoms with Gasteiger partial charge in [-0.05, 0) is 12.5 Å². The van der Waals surface area contributed by atoms with Gasteiger partial charge in [-0.2, -0.15) is 0 Å². The summed E-state index contributed by atoms with van der Waals surface area (Å²) in [7, 11) is 0. The molecule has 0 saturated carbocycles. The minimum atomic E-state index is 0.132. The topological polar surface area (TPSA) is 46.3 Å². The highest BCUT2D eigenvalue weighted by atomic mass is 16.2. The van der Waals surface area contributed by atoms with E-state index in [9.17, 15) is 4.79 Å². The van der Waals surface area contributed by atoms with Gasteiger partial charge in [0.2, 0.25) is 5.91 Å². The van der Waals surface area contributed by atoms with Crippen LogP contribution in [0.15, 0.2) is 23.9 Å². The fourth-order valence-electron chi connectivity index (χ4n) is 1.37. The Morgan fingerprint density at radius 1 is 1.75 bits per heavy atom. The number of nitrogens with zero attached hydrogens (tertiary/aromatic N) is 1. The maximum Gasteiger partial charge on any atom is 0.231 e. The van der Waals surface area contributed by atoms with Crippen molar-refractivity contribution in [1.82, 2.24) is 4.90 Å². The van der Waals surface area contributed by atoms with Crippen LogP contribution in [-0.4, -0.2) is 23.9 Å². The van der Waals surface area contributed by atoms with Crippen LogP contribution < -0.4 is 5.73 Å². The van der Waals surface area contributed by atoms with Crippen molar-refractivity contribution in [2.24, 2.45) is 5.73 Å². The van der Waals surface area contributed by atoms with E-state index in [-0.39, 0.29) is 5.91 Å². The van der Waals surface area contributed by atoms with E-state index in [1.165, 1.54) is 0 Å². The normalized spacial score (nSPS) is 17.5.